The largest absolute Gasteiger partial charge is 0.471 e. The van der Waals surface area contributed by atoms with Crippen molar-refractivity contribution in [2.45, 2.75) is 36.7 Å². The van der Waals surface area contributed by atoms with Gasteiger partial charge in [-0.3, -0.25) is 4.79 Å². The van der Waals surface area contributed by atoms with Crippen LogP contribution in [0.5, 0.6) is 0 Å². The number of rotatable bonds is 4. The van der Waals surface area contributed by atoms with E-state index in [2.05, 4.69) is 0 Å². The van der Waals surface area contributed by atoms with E-state index >= 15 is 0 Å². The van der Waals surface area contributed by atoms with Gasteiger partial charge in [-0.2, -0.15) is 17.5 Å². The van der Waals surface area contributed by atoms with E-state index in [1.54, 1.807) is 24.4 Å². The highest BCUT2D eigenvalue weighted by Gasteiger charge is 2.46. The van der Waals surface area contributed by atoms with Gasteiger partial charge in [0.15, 0.2) is 0 Å². The Bertz CT molecular complexity index is 704. The maximum atomic E-state index is 12.7. The van der Waals surface area contributed by atoms with Gasteiger partial charge < -0.3 is 10.1 Å². The van der Waals surface area contributed by atoms with E-state index in [4.69, 9.17) is 4.74 Å². The molecule has 6 nitrogen and oxygen atoms in total. The van der Waals surface area contributed by atoms with Crippen molar-refractivity contribution in [3.63, 3.8) is 0 Å². The Morgan fingerprint density at radius 2 is 1.88 bits per heavy atom. The van der Waals surface area contributed by atoms with Crippen molar-refractivity contribution >= 4 is 15.9 Å². The zero-order valence-electron chi connectivity index (χ0n) is 13.0. The maximum Gasteiger partial charge on any atom is 0.471 e. The summed E-state index contributed by atoms with van der Waals surface area (Å²) in [5, 5.41) is 1.79. The first-order valence-electron chi connectivity index (χ1n) is 7.06. The molecule has 10 heteroatoms. The Morgan fingerprint density at radius 1 is 1.29 bits per heavy atom. The number of alkyl halides is 3. The second kappa shape index (κ2) is 6.69. The summed E-state index contributed by atoms with van der Waals surface area (Å²) in [6.45, 7) is 1.74. The molecule has 1 amide bonds. The summed E-state index contributed by atoms with van der Waals surface area (Å²) >= 11 is 0. The van der Waals surface area contributed by atoms with Crippen LogP contribution in [-0.2, 0) is 19.6 Å². The minimum Gasteiger partial charge on any atom is -0.363 e. The summed E-state index contributed by atoms with van der Waals surface area (Å²) in [5.74, 6) is -2.12. The zero-order valence-corrected chi connectivity index (χ0v) is 13.8. The van der Waals surface area contributed by atoms with E-state index in [-0.39, 0.29) is 17.9 Å². The first-order valence-corrected chi connectivity index (χ1v) is 8.50. The van der Waals surface area contributed by atoms with Crippen molar-refractivity contribution in [1.29, 1.82) is 0 Å². The molecule has 1 saturated heterocycles. The summed E-state index contributed by atoms with van der Waals surface area (Å²) in [6.07, 6.45) is -6.23. The number of aryl methyl sites for hydroxylation is 1. The van der Waals surface area contributed by atoms with Crippen LogP contribution in [0, 0.1) is 6.92 Å². The Morgan fingerprint density at radius 3 is 2.38 bits per heavy atom. The molecule has 1 fully saturated rings. The fourth-order valence-electron chi connectivity index (χ4n) is 2.51. The van der Waals surface area contributed by atoms with Crippen molar-refractivity contribution in [3.8, 4) is 0 Å². The van der Waals surface area contributed by atoms with Crippen LogP contribution in [0.25, 0.3) is 0 Å². The lowest BCUT2D eigenvalue weighted by Gasteiger charge is -2.27. The van der Waals surface area contributed by atoms with Crippen LogP contribution in [0.2, 0.25) is 0 Å². The minimum atomic E-state index is -5.04. The molecular formula is C14H17F3N2O4S. The number of benzene rings is 1. The lowest BCUT2D eigenvalue weighted by Crippen LogP contribution is -2.50. The highest BCUT2D eigenvalue weighted by molar-refractivity contribution is 7.89. The third kappa shape index (κ3) is 3.70. The summed E-state index contributed by atoms with van der Waals surface area (Å²) in [6, 6.07) is 4.99. The number of sulfonamides is 1. The Labute approximate surface area is 137 Å². The van der Waals surface area contributed by atoms with E-state index in [0.717, 1.165) is 9.87 Å². The summed E-state index contributed by atoms with van der Waals surface area (Å²) in [4.78, 5) is 11.1. The smallest absolute Gasteiger partial charge is 0.363 e. The monoisotopic (exact) mass is 366 g/mol. The lowest BCUT2D eigenvalue weighted by molar-refractivity contribution is -0.175. The van der Waals surface area contributed by atoms with Gasteiger partial charge in [0, 0.05) is 13.7 Å². The van der Waals surface area contributed by atoms with E-state index in [1.165, 1.54) is 19.2 Å². The molecule has 1 aliphatic rings. The zero-order chi connectivity index (χ0) is 18.1. The van der Waals surface area contributed by atoms with E-state index in [0.29, 0.717) is 0 Å². The third-order valence-corrected chi connectivity index (χ3v) is 5.61. The number of methoxy groups -OCH3 is 1. The van der Waals surface area contributed by atoms with E-state index in [1.807, 2.05) is 0 Å². The second-order valence-electron chi connectivity index (χ2n) is 5.42. The molecule has 2 atom stereocenters. The number of hydrogen-bond acceptors (Lipinski definition) is 4. The summed E-state index contributed by atoms with van der Waals surface area (Å²) in [7, 11) is -2.76. The quantitative estimate of drug-likeness (QED) is 0.874. The van der Waals surface area contributed by atoms with Gasteiger partial charge in [-0.25, -0.2) is 8.42 Å². The van der Waals surface area contributed by atoms with Crippen LogP contribution in [0.4, 0.5) is 13.2 Å². The van der Waals surface area contributed by atoms with Gasteiger partial charge >= 0.3 is 12.1 Å². The summed E-state index contributed by atoms with van der Waals surface area (Å²) in [5.41, 5.74) is 0.869. The number of hydrogen-bond donors (Lipinski definition) is 1. The van der Waals surface area contributed by atoms with Crippen LogP contribution in [0.3, 0.4) is 0 Å². The van der Waals surface area contributed by atoms with E-state index in [9.17, 15) is 26.4 Å². The van der Waals surface area contributed by atoms with Gasteiger partial charge in [0.05, 0.1) is 10.9 Å². The van der Waals surface area contributed by atoms with Gasteiger partial charge in [-0.05, 0) is 25.5 Å². The molecule has 0 radical (unpaired) electrons. The predicted octanol–water partition coefficient (Wildman–Crippen LogP) is 1.41. The minimum absolute atomic E-state index is 0.0120. The van der Waals surface area contributed by atoms with E-state index < -0.39 is 34.4 Å². The average Bonchev–Trinajstić information content (AvgIpc) is 2.90. The molecule has 1 N–H and O–H groups in total. The van der Waals surface area contributed by atoms with Crippen molar-refractivity contribution in [2.75, 3.05) is 13.7 Å². The third-order valence-electron chi connectivity index (χ3n) is 3.73. The number of nitrogens with zero attached hydrogens (tertiary/aromatic N) is 1. The van der Waals surface area contributed by atoms with Gasteiger partial charge in [0.2, 0.25) is 10.0 Å². The van der Waals surface area contributed by atoms with Crippen LogP contribution in [0.15, 0.2) is 29.2 Å². The molecule has 1 aromatic rings. The van der Waals surface area contributed by atoms with Gasteiger partial charge in [-0.1, -0.05) is 17.7 Å². The number of carbonyl (C=O) groups is 1. The fourth-order valence-corrected chi connectivity index (χ4v) is 4.12. The molecule has 0 aliphatic carbocycles. The van der Waals surface area contributed by atoms with Crippen LogP contribution >= 0.6 is 0 Å². The molecule has 24 heavy (non-hydrogen) atoms. The van der Waals surface area contributed by atoms with Crippen LogP contribution < -0.4 is 5.32 Å². The Balaban J connectivity index is 2.22. The fraction of sp³-hybridized carbons (Fsp3) is 0.500. The van der Waals surface area contributed by atoms with Crippen LogP contribution in [-0.4, -0.2) is 50.7 Å². The molecule has 0 aromatic heterocycles. The first-order chi connectivity index (χ1) is 11.1. The van der Waals surface area contributed by atoms with Crippen molar-refractivity contribution < 1.29 is 31.1 Å². The molecule has 0 saturated carbocycles. The average molecular weight is 366 g/mol. The number of ether oxygens (including phenoxy) is 1. The molecule has 134 valence electrons. The van der Waals surface area contributed by atoms with Gasteiger partial charge in [0.25, 0.3) is 0 Å². The highest BCUT2D eigenvalue weighted by Crippen LogP contribution is 2.28. The van der Waals surface area contributed by atoms with Gasteiger partial charge in [0.1, 0.15) is 6.23 Å². The number of amides is 1. The second-order valence-corrected chi connectivity index (χ2v) is 7.31. The molecule has 0 bridgehead atoms. The van der Waals surface area contributed by atoms with Crippen molar-refractivity contribution in [1.82, 2.24) is 9.62 Å². The number of nitrogens with one attached hydrogen (secondary N) is 1. The summed E-state index contributed by atoms with van der Waals surface area (Å²) < 4.78 is 68.5. The maximum absolute atomic E-state index is 12.7. The number of carbonyl (C=O) groups excluding carboxylic acids is 1. The normalized spacial score (nSPS) is 22.5. The Kier molecular flexibility index (Phi) is 5.21. The molecule has 1 heterocycles. The molecule has 1 aromatic carbocycles. The predicted molar refractivity (Wildman–Crippen MR) is 78.5 cm³/mol. The SMILES string of the molecule is CO[C@H]1[C@@H](NC(=O)C(F)(F)F)CCN1S(=O)(=O)c1ccc(C)cc1. The van der Waals surface area contributed by atoms with Crippen LogP contribution in [0.1, 0.15) is 12.0 Å². The first kappa shape index (κ1) is 18.7. The molecule has 2 rings (SSSR count). The highest BCUT2D eigenvalue weighted by atomic mass is 32.2. The molecule has 1 aliphatic heterocycles. The number of halogens is 3. The topological polar surface area (TPSA) is 75.7 Å². The molecule has 0 spiro atoms. The molecular weight excluding hydrogens is 349 g/mol. The van der Waals surface area contributed by atoms with Crippen molar-refractivity contribution in [2.24, 2.45) is 0 Å². The van der Waals surface area contributed by atoms with Gasteiger partial charge in [-0.15, -0.1) is 0 Å². The standard InChI is InChI=1S/C14H17F3N2O4S/c1-9-3-5-10(6-4-9)24(21,22)19-8-7-11(12(19)23-2)18-13(20)14(15,16)17/h3-6,11-12H,7-8H2,1-2H3,(H,18,20)/t11-,12-/m0/s1. The Hall–Kier alpha value is -1.65. The lowest BCUT2D eigenvalue weighted by atomic mass is 10.2. The van der Waals surface area contributed by atoms with Crippen molar-refractivity contribution in [3.05, 3.63) is 29.8 Å². The molecule has 0 unspecified atom stereocenters.